The first kappa shape index (κ1) is 21.3. The Hall–Kier alpha value is -4.53. The summed E-state index contributed by atoms with van der Waals surface area (Å²) in [6.07, 6.45) is 1.76. The van der Waals surface area contributed by atoms with Gasteiger partial charge in [-0.05, 0) is 43.2 Å². The van der Waals surface area contributed by atoms with E-state index in [-0.39, 0.29) is 24.2 Å². The van der Waals surface area contributed by atoms with Crippen LogP contribution in [0.2, 0.25) is 0 Å². The van der Waals surface area contributed by atoms with Gasteiger partial charge in [-0.3, -0.25) is 4.79 Å². The minimum Gasteiger partial charge on any atom is -0.391 e. The fourth-order valence-electron chi connectivity index (χ4n) is 3.92. The fourth-order valence-corrected chi connectivity index (χ4v) is 3.92. The third kappa shape index (κ3) is 3.88. The smallest absolute Gasteiger partial charge is 0.391 e. The van der Waals surface area contributed by atoms with E-state index in [0.717, 1.165) is 22.4 Å². The molecular formula is C25H20FN5O3. The molecule has 0 radical (unpaired) electrons. The quantitative estimate of drug-likeness (QED) is 0.415. The van der Waals surface area contributed by atoms with Crippen LogP contribution in [0.5, 0.6) is 0 Å². The van der Waals surface area contributed by atoms with Crippen LogP contribution in [0.1, 0.15) is 27.5 Å². The summed E-state index contributed by atoms with van der Waals surface area (Å²) < 4.78 is 21.4. The zero-order valence-corrected chi connectivity index (χ0v) is 18.4. The third-order valence-electron chi connectivity index (χ3n) is 5.61. The largest absolute Gasteiger partial charge is 0.434 e. The molecule has 34 heavy (non-hydrogen) atoms. The van der Waals surface area contributed by atoms with Gasteiger partial charge in [0.15, 0.2) is 0 Å². The first-order chi connectivity index (χ1) is 16.4. The molecule has 5 rings (SSSR count). The summed E-state index contributed by atoms with van der Waals surface area (Å²) in [5.74, 6) is -1.26. The van der Waals surface area contributed by atoms with Crippen LogP contribution in [-0.4, -0.2) is 25.5 Å². The van der Waals surface area contributed by atoms with Crippen LogP contribution < -0.4 is 11.1 Å². The Morgan fingerprint density at radius 1 is 1.09 bits per heavy atom. The number of hydrogen-bond acceptors (Lipinski definition) is 5. The molecule has 9 heteroatoms. The Bertz CT molecular complexity index is 1600. The number of H-pyrrole nitrogens is 1. The van der Waals surface area contributed by atoms with Gasteiger partial charge in [-0.2, -0.15) is 0 Å². The second-order valence-corrected chi connectivity index (χ2v) is 7.91. The lowest BCUT2D eigenvalue weighted by atomic mass is 9.96. The molecule has 3 heterocycles. The molecule has 2 aromatic carbocycles. The van der Waals surface area contributed by atoms with Crippen LogP contribution >= 0.6 is 0 Å². The Morgan fingerprint density at radius 3 is 2.62 bits per heavy atom. The molecule has 0 fully saturated rings. The van der Waals surface area contributed by atoms with E-state index in [9.17, 15) is 14.0 Å². The molecule has 5 aromatic rings. The van der Waals surface area contributed by atoms with Crippen molar-refractivity contribution in [3.8, 4) is 22.4 Å². The SMILES string of the molecule is Cc1ccc(-c2ccccc2-c2nc3cc(C(=O)NCc4n[nH]c(=O)o4)ccn3c2C)c(F)c1. The van der Waals surface area contributed by atoms with Crippen molar-refractivity contribution in [2.75, 3.05) is 0 Å². The maximum Gasteiger partial charge on any atom is 0.434 e. The highest BCUT2D eigenvalue weighted by atomic mass is 19.1. The van der Waals surface area contributed by atoms with Gasteiger partial charge in [0.1, 0.15) is 11.5 Å². The van der Waals surface area contributed by atoms with Crippen molar-refractivity contribution in [1.29, 1.82) is 0 Å². The number of nitrogens with one attached hydrogen (secondary N) is 2. The van der Waals surface area contributed by atoms with Gasteiger partial charge in [-0.1, -0.05) is 36.4 Å². The van der Waals surface area contributed by atoms with Crippen molar-refractivity contribution >= 4 is 11.6 Å². The molecule has 170 valence electrons. The predicted octanol–water partition coefficient (Wildman–Crippen LogP) is 4.03. The van der Waals surface area contributed by atoms with Crippen molar-refractivity contribution in [2.45, 2.75) is 20.4 Å². The van der Waals surface area contributed by atoms with Gasteiger partial charge in [0.25, 0.3) is 5.91 Å². The number of halogens is 1. The van der Waals surface area contributed by atoms with Crippen LogP contribution in [0, 0.1) is 19.7 Å². The van der Waals surface area contributed by atoms with E-state index in [4.69, 9.17) is 9.40 Å². The maximum absolute atomic E-state index is 14.8. The first-order valence-corrected chi connectivity index (χ1v) is 10.6. The van der Waals surface area contributed by atoms with E-state index in [1.807, 2.05) is 48.6 Å². The minimum atomic E-state index is -0.683. The van der Waals surface area contributed by atoms with Crippen LogP contribution in [-0.2, 0) is 6.54 Å². The van der Waals surface area contributed by atoms with Crippen molar-refractivity contribution in [2.24, 2.45) is 0 Å². The Kier molecular flexibility index (Phi) is 5.29. The molecule has 0 spiro atoms. The van der Waals surface area contributed by atoms with E-state index in [1.54, 1.807) is 24.4 Å². The molecule has 0 aliphatic rings. The molecule has 8 nitrogen and oxygen atoms in total. The maximum atomic E-state index is 14.8. The second kappa shape index (κ2) is 8.43. The summed E-state index contributed by atoms with van der Waals surface area (Å²) in [5, 5.41) is 8.46. The van der Waals surface area contributed by atoms with Crippen molar-refractivity contribution in [3.05, 3.63) is 99.9 Å². The molecule has 0 aliphatic carbocycles. The monoisotopic (exact) mass is 457 g/mol. The summed E-state index contributed by atoms with van der Waals surface area (Å²) in [6.45, 7) is 3.75. The lowest BCUT2D eigenvalue weighted by Gasteiger charge is -2.10. The predicted molar refractivity (Wildman–Crippen MR) is 124 cm³/mol. The number of benzene rings is 2. The van der Waals surface area contributed by atoms with Gasteiger partial charge in [0, 0.05) is 28.6 Å². The van der Waals surface area contributed by atoms with Crippen LogP contribution in [0.3, 0.4) is 0 Å². The number of aromatic nitrogens is 4. The molecule has 0 saturated heterocycles. The van der Waals surface area contributed by atoms with Gasteiger partial charge >= 0.3 is 5.76 Å². The number of aryl methyl sites for hydroxylation is 2. The number of fused-ring (bicyclic) bond motifs is 1. The number of rotatable bonds is 5. The number of hydrogen-bond donors (Lipinski definition) is 2. The summed E-state index contributed by atoms with van der Waals surface area (Å²) >= 11 is 0. The molecule has 1 amide bonds. The van der Waals surface area contributed by atoms with Crippen LogP contribution in [0.15, 0.2) is 70.0 Å². The zero-order chi connectivity index (χ0) is 23.8. The average Bonchev–Trinajstić information content (AvgIpc) is 3.40. The summed E-state index contributed by atoms with van der Waals surface area (Å²) in [5.41, 5.74) is 5.42. The fraction of sp³-hybridized carbons (Fsp3) is 0.120. The summed E-state index contributed by atoms with van der Waals surface area (Å²) in [7, 11) is 0. The summed E-state index contributed by atoms with van der Waals surface area (Å²) in [6, 6.07) is 16.1. The van der Waals surface area contributed by atoms with Gasteiger partial charge in [-0.25, -0.2) is 19.3 Å². The molecule has 3 aromatic heterocycles. The number of aromatic amines is 1. The molecular weight excluding hydrogens is 437 g/mol. The number of carbonyl (C=O) groups excluding carboxylic acids is 1. The first-order valence-electron chi connectivity index (χ1n) is 10.6. The Morgan fingerprint density at radius 2 is 1.88 bits per heavy atom. The second-order valence-electron chi connectivity index (χ2n) is 7.91. The average molecular weight is 457 g/mol. The van der Waals surface area contributed by atoms with Gasteiger partial charge < -0.3 is 14.1 Å². The third-order valence-corrected chi connectivity index (χ3v) is 5.61. The van der Waals surface area contributed by atoms with E-state index in [1.165, 1.54) is 6.07 Å². The van der Waals surface area contributed by atoms with Crippen molar-refractivity contribution in [1.82, 2.24) is 24.9 Å². The molecule has 0 bridgehead atoms. The van der Waals surface area contributed by atoms with Gasteiger partial charge in [0.05, 0.1) is 12.2 Å². The molecule has 2 N–H and O–H groups in total. The van der Waals surface area contributed by atoms with E-state index in [0.29, 0.717) is 22.5 Å². The van der Waals surface area contributed by atoms with Crippen molar-refractivity contribution < 1.29 is 13.6 Å². The highest BCUT2D eigenvalue weighted by molar-refractivity contribution is 5.95. The number of carbonyl (C=O) groups is 1. The number of imidazole rings is 1. The lowest BCUT2D eigenvalue weighted by molar-refractivity contribution is 0.0947. The Labute approximate surface area is 193 Å². The number of nitrogens with zero attached hydrogens (tertiary/aromatic N) is 3. The number of pyridine rings is 1. The van der Waals surface area contributed by atoms with E-state index >= 15 is 0 Å². The standard InChI is InChI=1S/C25H20FN5O3/c1-14-7-8-18(20(26)11-14)17-5-3-4-6-19(17)23-15(2)31-10-9-16(12-21(31)28-23)24(32)27-13-22-29-30-25(33)34-22/h3-12H,13H2,1-2H3,(H,27,32)(H,30,33). The highest BCUT2D eigenvalue weighted by Crippen LogP contribution is 2.35. The van der Waals surface area contributed by atoms with Crippen LogP contribution in [0.25, 0.3) is 28.0 Å². The van der Waals surface area contributed by atoms with Crippen LogP contribution in [0.4, 0.5) is 4.39 Å². The summed E-state index contributed by atoms with van der Waals surface area (Å²) in [4.78, 5) is 28.4. The minimum absolute atomic E-state index is 0.0308. The zero-order valence-electron chi connectivity index (χ0n) is 18.4. The number of amides is 1. The van der Waals surface area contributed by atoms with Crippen molar-refractivity contribution in [3.63, 3.8) is 0 Å². The lowest BCUT2D eigenvalue weighted by Crippen LogP contribution is -2.23. The normalized spacial score (nSPS) is 11.1. The van der Waals surface area contributed by atoms with E-state index in [2.05, 4.69) is 15.5 Å². The topological polar surface area (TPSA) is 105 Å². The van der Waals surface area contributed by atoms with Gasteiger partial charge in [0.2, 0.25) is 5.89 Å². The van der Waals surface area contributed by atoms with E-state index < -0.39 is 5.76 Å². The molecule has 0 atom stereocenters. The Balaban J connectivity index is 1.51. The highest BCUT2D eigenvalue weighted by Gasteiger charge is 2.18. The van der Waals surface area contributed by atoms with Gasteiger partial charge in [-0.15, -0.1) is 5.10 Å². The molecule has 0 aliphatic heterocycles. The molecule has 0 unspecified atom stereocenters. The molecule has 0 saturated carbocycles.